The summed E-state index contributed by atoms with van der Waals surface area (Å²) in [5.74, 6) is 0.325. The zero-order chi connectivity index (χ0) is 10.3. The summed E-state index contributed by atoms with van der Waals surface area (Å²) >= 11 is 0. The van der Waals surface area contributed by atoms with Gasteiger partial charge in [-0.15, -0.1) is 0 Å². The molecule has 0 radical (unpaired) electrons. The molecule has 0 spiro atoms. The van der Waals surface area contributed by atoms with Gasteiger partial charge in [0.2, 0.25) is 0 Å². The van der Waals surface area contributed by atoms with Gasteiger partial charge in [0.1, 0.15) is 0 Å². The first-order chi connectivity index (χ1) is 6.17. The molecular formula is C11H18N2. The van der Waals surface area contributed by atoms with Crippen LogP contribution in [0.1, 0.15) is 20.3 Å². The van der Waals surface area contributed by atoms with Crippen molar-refractivity contribution in [2.24, 2.45) is 11.7 Å². The monoisotopic (exact) mass is 178 g/mol. The predicted octanol–water partition coefficient (Wildman–Crippen LogP) is 2.64. The molecule has 1 atom stereocenters. The minimum Gasteiger partial charge on any atom is -0.401 e. The molecule has 0 saturated carbocycles. The topological polar surface area (TPSA) is 49.9 Å². The van der Waals surface area contributed by atoms with Crippen molar-refractivity contribution >= 4 is 6.21 Å². The van der Waals surface area contributed by atoms with Gasteiger partial charge in [-0.05, 0) is 12.3 Å². The van der Waals surface area contributed by atoms with Crippen molar-refractivity contribution in [3.05, 3.63) is 36.1 Å². The third kappa shape index (κ3) is 3.74. The van der Waals surface area contributed by atoms with Crippen molar-refractivity contribution in [3.63, 3.8) is 0 Å². The Morgan fingerprint density at radius 3 is 2.62 bits per heavy atom. The number of rotatable bonds is 5. The van der Waals surface area contributed by atoms with Crippen LogP contribution in [0.15, 0.2) is 36.1 Å². The van der Waals surface area contributed by atoms with E-state index in [9.17, 15) is 0 Å². The molecule has 0 aromatic heterocycles. The van der Waals surface area contributed by atoms with Crippen molar-refractivity contribution in [2.45, 2.75) is 20.3 Å². The van der Waals surface area contributed by atoms with Crippen LogP contribution in [-0.2, 0) is 0 Å². The lowest BCUT2D eigenvalue weighted by Crippen LogP contribution is -2.11. The molecule has 72 valence electrons. The zero-order valence-electron chi connectivity index (χ0n) is 8.38. The second-order valence-electron chi connectivity index (χ2n) is 2.96. The van der Waals surface area contributed by atoms with Gasteiger partial charge in [0.05, 0.1) is 0 Å². The Bertz CT molecular complexity index is 236. The quantitative estimate of drug-likeness (QED) is 0.493. The molecule has 0 aromatic rings. The lowest BCUT2D eigenvalue weighted by Gasteiger charge is -2.10. The zero-order valence-corrected chi connectivity index (χ0v) is 8.38. The van der Waals surface area contributed by atoms with E-state index in [1.807, 2.05) is 6.08 Å². The Hall–Kier alpha value is -1.31. The molecule has 0 amide bonds. The maximum absolute atomic E-state index is 7.19. The highest BCUT2D eigenvalue weighted by Gasteiger charge is 2.04. The molecule has 0 bridgehead atoms. The highest BCUT2D eigenvalue weighted by molar-refractivity contribution is 5.81. The lowest BCUT2D eigenvalue weighted by atomic mass is 10.0. The Morgan fingerprint density at radius 2 is 2.23 bits per heavy atom. The van der Waals surface area contributed by atoms with Crippen LogP contribution in [0.5, 0.6) is 0 Å². The van der Waals surface area contributed by atoms with Crippen LogP contribution in [0.4, 0.5) is 0 Å². The SMILES string of the molecule is C=C/C=C\C(C=N)=C(\N)C(C)CC. The number of hydrogen-bond acceptors (Lipinski definition) is 2. The maximum Gasteiger partial charge on any atom is 0.0267 e. The van der Waals surface area contributed by atoms with E-state index in [0.717, 1.165) is 17.7 Å². The van der Waals surface area contributed by atoms with E-state index < -0.39 is 0 Å². The predicted molar refractivity (Wildman–Crippen MR) is 58.8 cm³/mol. The fraction of sp³-hybridized carbons (Fsp3) is 0.364. The number of allylic oxidation sites excluding steroid dienone is 5. The van der Waals surface area contributed by atoms with E-state index in [4.69, 9.17) is 11.1 Å². The smallest absolute Gasteiger partial charge is 0.0267 e. The van der Waals surface area contributed by atoms with Crippen LogP contribution >= 0.6 is 0 Å². The summed E-state index contributed by atoms with van der Waals surface area (Å²) in [5, 5.41) is 7.19. The van der Waals surface area contributed by atoms with Gasteiger partial charge in [-0.3, -0.25) is 0 Å². The van der Waals surface area contributed by atoms with Crippen molar-refractivity contribution in [2.75, 3.05) is 0 Å². The molecule has 0 aliphatic heterocycles. The van der Waals surface area contributed by atoms with Gasteiger partial charge in [0.15, 0.2) is 0 Å². The van der Waals surface area contributed by atoms with Crippen molar-refractivity contribution in [3.8, 4) is 0 Å². The molecule has 0 aromatic carbocycles. The Labute approximate surface area is 80.3 Å². The molecule has 0 fully saturated rings. The first kappa shape index (κ1) is 11.7. The van der Waals surface area contributed by atoms with Gasteiger partial charge in [0, 0.05) is 17.5 Å². The van der Waals surface area contributed by atoms with Gasteiger partial charge in [-0.1, -0.05) is 38.7 Å². The summed E-state index contributed by atoms with van der Waals surface area (Å²) in [6, 6.07) is 0. The average Bonchev–Trinajstić information content (AvgIpc) is 2.17. The molecule has 3 N–H and O–H groups in total. The fourth-order valence-electron chi connectivity index (χ4n) is 0.904. The largest absolute Gasteiger partial charge is 0.401 e. The molecule has 13 heavy (non-hydrogen) atoms. The van der Waals surface area contributed by atoms with Crippen LogP contribution in [0, 0.1) is 11.3 Å². The van der Waals surface area contributed by atoms with Gasteiger partial charge in [-0.25, -0.2) is 0 Å². The maximum atomic E-state index is 7.19. The first-order valence-electron chi connectivity index (χ1n) is 4.46. The van der Waals surface area contributed by atoms with E-state index in [1.165, 1.54) is 6.21 Å². The standard InChI is InChI=1S/C11H18N2/c1-4-6-7-10(8-12)11(13)9(3)5-2/h4,6-9,12H,1,5,13H2,2-3H3/b7-6-,11-10-,12-8?. The highest BCUT2D eigenvalue weighted by atomic mass is 14.6. The third-order valence-corrected chi connectivity index (χ3v) is 2.04. The second kappa shape index (κ2) is 6.23. The van der Waals surface area contributed by atoms with Crippen LogP contribution in [0.25, 0.3) is 0 Å². The van der Waals surface area contributed by atoms with Crippen molar-refractivity contribution in [1.82, 2.24) is 0 Å². The van der Waals surface area contributed by atoms with E-state index in [0.29, 0.717) is 5.92 Å². The molecule has 0 rings (SSSR count). The number of nitrogens with one attached hydrogen (secondary N) is 1. The molecule has 1 unspecified atom stereocenters. The van der Waals surface area contributed by atoms with Gasteiger partial charge in [0.25, 0.3) is 0 Å². The Kier molecular flexibility index (Phi) is 5.60. The number of hydrogen-bond donors (Lipinski definition) is 2. The molecule has 0 heterocycles. The second-order valence-corrected chi connectivity index (χ2v) is 2.96. The van der Waals surface area contributed by atoms with E-state index in [2.05, 4.69) is 20.4 Å². The first-order valence-corrected chi connectivity index (χ1v) is 4.46. The summed E-state index contributed by atoms with van der Waals surface area (Å²) in [6.45, 7) is 7.70. The van der Waals surface area contributed by atoms with Gasteiger partial charge in [-0.2, -0.15) is 0 Å². The normalized spacial score (nSPS) is 15.2. The minimum absolute atomic E-state index is 0.325. The van der Waals surface area contributed by atoms with E-state index in [-0.39, 0.29) is 0 Å². The summed E-state index contributed by atoms with van der Waals surface area (Å²) in [7, 11) is 0. The summed E-state index contributed by atoms with van der Waals surface area (Å²) in [4.78, 5) is 0. The number of nitrogens with two attached hydrogens (primary N) is 1. The molecule has 0 aliphatic rings. The van der Waals surface area contributed by atoms with Gasteiger partial charge >= 0.3 is 0 Å². The van der Waals surface area contributed by atoms with E-state index in [1.54, 1.807) is 12.2 Å². The Balaban J connectivity index is 4.77. The van der Waals surface area contributed by atoms with Crippen molar-refractivity contribution in [1.29, 1.82) is 5.41 Å². The average molecular weight is 178 g/mol. The van der Waals surface area contributed by atoms with Crippen molar-refractivity contribution < 1.29 is 0 Å². The van der Waals surface area contributed by atoms with Crippen LogP contribution in [0.3, 0.4) is 0 Å². The summed E-state index contributed by atoms with van der Waals surface area (Å²) in [5.41, 5.74) is 7.41. The van der Waals surface area contributed by atoms with Crippen LogP contribution in [-0.4, -0.2) is 6.21 Å². The Morgan fingerprint density at radius 1 is 1.62 bits per heavy atom. The summed E-state index contributed by atoms with van der Waals surface area (Å²) in [6.07, 6.45) is 7.54. The third-order valence-electron chi connectivity index (χ3n) is 2.04. The van der Waals surface area contributed by atoms with Gasteiger partial charge < -0.3 is 11.1 Å². The van der Waals surface area contributed by atoms with Crippen LogP contribution in [0.2, 0.25) is 0 Å². The molecule has 2 nitrogen and oxygen atoms in total. The minimum atomic E-state index is 0.325. The lowest BCUT2D eigenvalue weighted by molar-refractivity contribution is 0.645. The van der Waals surface area contributed by atoms with E-state index >= 15 is 0 Å². The highest BCUT2D eigenvalue weighted by Crippen LogP contribution is 2.12. The molecule has 2 heteroatoms. The molecule has 0 saturated heterocycles. The molecule has 0 aliphatic carbocycles. The van der Waals surface area contributed by atoms with Crippen LogP contribution < -0.4 is 5.73 Å². The fourth-order valence-corrected chi connectivity index (χ4v) is 0.904. The molecular weight excluding hydrogens is 160 g/mol. The summed E-state index contributed by atoms with van der Waals surface area (Å²) < 4.78 is 0.